The van der Waals surface area contributed by atoms with E-state index in [2.05, 4.69) is 17.0 Å². The second-order valence-electron chi connectivity index (χ2n) is 4.64. The van der Waals surface area contributed by atoms with Gasteiger partial charge in [0, 0.05) is 17.5 Å². The molecule has 2 N–H and O–H groups in total. The van der Waals surface area contributed by atoms with E-state index in [1.165, 1.54) is 11.3 Å². The molecule has 0 saturated heterocycles. The van der Waals surface area contributed by atoms with E-state index in [-0.39, 0.29) is 6.04 Å². The van der Waals surface area contributed by atoms with Gasteiger partial charge < -0.3 is 5.32 Å². The van der Waals surface area contributed by atoms with Crippen LogP contribution in [0.25, 0.3) is 0 Å². The third-order valence-corrected chi connectivity index (χ3v) is 5.96. The van der Waals surface area contributed by atoms with Crippen molar-refractivity contribution in [1.29, 1.82) is 0 Å². The number of hydrogen-bond acceptors (Lipinski definition) is 4. The first-order valence-corrected chi connectivity index (χ1v) is 8.06. The highest BCUT2D eigenvalue weighted by Gasteiger charge is 2.37. The van der Waals surface area contributed by atoms with E-state index in [9.17, 15) is 8.42 Å². The van der Waals surface area contributed by atoms with Crippen molar-refractivity contribution in [3.63, 3.8) is 0 Å². The second kappa shape index (κ2) is 4.68. The van der Waals surface area contributed by atoms with Gasteiger partial charge >= 0.3 is 0 Å². The number of hydrogen-bond donors (Lipinski definition) is 2. The Labute approximate surface area is 106 Å². The van der Waals surface area contributed by atoms with Gasteiger partial charge in [-0.1, -0.05) is 6.92 Å². The Balaban J connectivity index is 2.28. The molecule has 0 radical (unpaired) electrons. The smallest absolute Gasteiger partial charge is 0.242 e. The maximum atomic E-state index is 12.3. The first-order chi connectivity index (χ1) is 7.95. The lowest BCUT2D eigenvalue weighted by Crippen LogP contribution is -2.28. The average Bonchev–Trinajstić information content (AvgIpc) is 2.74. The van der Waals surface area contributed by atoms with Gasteiger partial charge in [-0.25, -0.2) is 13.1 Å². The van der Waals surface area contributed by atoms with E-state index in [1.807, 2.05) is 19.4 Å². The van der Waals surface area contributed by atoms with Crippen molar-refractivity contribution in [2.75, 3.05) is 7.05 Å². The molecule has 1 fully saturated rings. The van der Waals surface area contributed by atoms with E-state index in [1.54, 1.807) is 0 Å². The Hall–Kier alpha value is -0.430. The average molecular weight is 274 g/mol. The molecule has 1 aromatic heterocycles. The van der Waals surface area contributed by atoms with Gasteiger partial charge in [0.15, 0.2) is 0 Å². The molecule has 0 spiro atoms. The van der Waals surface area contributed by atoms with Gasteiger partial charge in [-0.15, -0.1) is 11.3 Å². The fourth-order valence-electron chi connectivity index (χ4n) is 1.88. The van der Waals surface area contributed by atoms with Crippen LogP contribution in [0.4, 0.5) is 0 Å². The number of aryl methyl sites for hydroxylation is 1. The van der Waals surface area contributed by atoms with Crippen molar-refractivity contribution in [2.45, 2.75) is 37.8 Å². The Bertz CT molecular complexity index is 508. The second-order valence-corrected chi connectivity index (χ2v) is 7.26. The van der Waals surface area contributed by atoms with Crippen LogP contribution in [0.3, 0.4) is 0 Å². The zero-order chi connectivity index (χ0) is 12.6. The fourth-order valence-corrected chi connectivity index (χ4v) is 5.06. The van der Waals surface area contributed by atoms with Gasteiger partial charge in [0.25, 0.3) is 0 Å². The molecule has 17 heavy (non-hydrogen) atoms. The van der Waals surface area contributed by atoms with Crippen LogP contribution in [0.15, 0.2) is 10.3 Å². The van der Waals surface area contributed by atoms with Crippen molar-refractivity contribution in [2.24, 2.45) is 5.92 Å². The number of nitrogens with one attached hydrogen (secondary N) is 2. The summed E-state index contributed by atoms with van der Waals surface area (Å²) in [6.45, 7) is 4.50. The highest BCUT2D eigenvalue weighted by Crippen LogP contribution is 2.33. The Morgan fingerprint density at radius 2 is 2.18 bits per heavy atom. The Kier molecular flexibility index (Phi) is 3.58. The van der Waals surface area contributed by atoms with Crippen LogP contribution >= 0.6 is 11.3 Å². The first kappa shape index (κ1) is 13.0. The molecule has 2 rings (SSSR count). The number of thiophene rings is 1. The largest absolute Gasteiger partial charge is 0.315 e. The highest BCUT2D eigenvalue weighted by molar-refractivity contribution is 7.89. The molecule has 0 aromatic carbocycles. The van der Waals surface area contributed by atoms with Gasteiger partial charge in [0.2, 0.25) is 10.0 Å². The predicted molar refractivity (Wildman–Crippen MR) is 69.7 cm³/mol. The summed E-state index contributed by atoms with van der Waals surface area (Å²) in [6, 6.07) is 0.127. The van der Waals surface area contributed by atoms with E-state index in [0.29, 0.717) is 17.4 Å². The summed E-state index contributed by atoms with van der Waals surface area (Å²) in [5.41, 5.74) is 0.834. The zero-order valence-corrected chi connectivity index (χ0v) is 11.9. The molecule has 1 aliphatic carbocycles. The third-order valence-electron chi connectivity index (χ3n) is 3.01. The molecule has 2 atom stereocenters. The van der Waals surface area contributed by atoms with Crippen molar-refractivity contribution in [3.8, 4) is 0 Å². The van der Waals surface area contributed by atoms with E-state index in [4.69, 9.17) is 0 Å². The molecule has 2 unspecified atom stereocenters. The van der Waals surface area contributed by atoms with Gasteiger partial charge in [0.05, 0.1) is 0 Å². The first-order valence-electron chi connectivity index (χ1n) is 5.69. The quantitative estimate of drug-likeness (QED) is 0.854. The van der Waals surface area contributed by atoms with Crippen LogP contribution in [0, 0.1) is 12.8 Å². The Morgan fingerprint density at radius 1 is 1.53 bits per heavy atom. The molecule has 1 saturated carbocycles. The molecule has 6 heteroatoms. The van der Waals surface area contributed by atoms with Crippen LogP contribution in [0.2, 0.25) is 0 Å². The molecule has 0 amide bonds. The van der Waals surface area contributed by atoms with E-state index < -0.39 is 10.0 Å². The minimum Gasteiger partial charge on any atom is -0.315 e. The molecule has 1 heterocycles. The van der Waals surface area contributed by atoms with Crippen LogP contribution in [0.5, 0.6) is 0 Å². The normalized spacial score (nSPS) is 23.9. The summed E-state index contributed by atoms with van der Waals surface area (Å²) in [7, 11) is -1.53. The summed E-state index contributed by atoms with van der Waals surface area (Å²) in [5, 5.41) is 4.91. The zero-order valence-electron chi connectivity index (χ0n) is 10.3. The lowest BCUT2D eigenvalue weighted by Gasteiger charge is -2.08. The van der Waals surface area contributed by atoms with Gasteiger partial charge in [-0.3, -0.25) is 0 Å². The number of rotatable bonds is 5. The molecule has 96 valence electrons. The summed E-state index contributed by atoms with van der Waals surface area (Å²) in [6.07, 6.45) is 0.948. The monoisotopic (exact) mass is 274 g/mol. The van der Waals surface area contributed by atoms with Crippen molar-refractivity contribution in [3.05, 3.63) is 15.8 Å². The molecule has 0 aliphatic heterocycles. The SMILES string of the molecule is CNCc1scc(C)c1S(=O)(=O)NC1CC1C. The summed E-state index contributed by atoms with van der Waals surface area (Å²) in [4.78, 5) is 1.35. The maximum absolute atomic E-state index is 12.3. The Morgan fingerprint density at radius 3 is 2.71 bits per heavy atom. The minimum atomic E-state index is -3.35. The van der Waals surface area contributed by atoms with Crippen molar-refractivity contribution in [1.82, 2.24) is 10.0 Å². The summed E-state index contributed by atoms with van der Waals surface area (Å²) >= 11 is 1.49. The molecule has 1 aliphatic rings. The van der Waals surface area contributed by atoms with Crippen LogP contribution in [-0.2, 0) is 16.6 Å². The minimum absolute atomic E-state index is 0.127. The van der Waals surface area contributed by atoms with Crippen molar-refractivity contribution < 1.29 is 8.42 Å². The van der Waals surface area contributed by atoms with E-state index in [0.717, 1.165) is 16.9 Å². The predicted octanol–water partition coefficient (Wildman–Crippen LogP) is 1.46. The van der Waals surface area contributed by atoms with Crippen LogP contribution < -0.4 is 10.0 Å². The standard InChI is InChI=1S/C11H18N2O2S2/c1-7-4-9(7)13-17(14,15)11-8(2)6-16-10(11)5-12-3/h6-7,9,12-13H,4-5H2,1-3H3. The summed E-state index contributed by atoms with van der Waals surface area (Å²) < 4.78 is 27.3. The topological polar surface area (TPSA) is 58.2 Å². The van der Waals surface area contributed by atoms with E-state index >= 15 is 0 Å². The molecule has 0 bridgehead atoms. The van der Waals surface area contributed by atoms with Gasteiger partial charge in [-0.05, 0) is 37.3 Å². The molecule has 4 nitrogen and oxygen atoms in total. The van der Waals surface area contributed by atoms with Gasteiger partial charge in [0.1, 0.15) is 4.90 Å². The van der Waals surface area contributed by atoms with Crippen molar-refractivity contribution >= 4 is 21.4 Å². The lowest BCUT2D eigenvalue weighted by molar-refractivity contribution is 0.576. The highest BCUT2D eigenvalue weighted by atomic mass is 32.2. The maximum Gasteiger partial charge on any atom is 0.242 e. The summed E-state index contributed by atoms with van der Waals surface area (Å²) in [5.74, 6) is 0.469. The van der Waals surface area contributed by atoms with Crippen LogP contribution in [-0.4, -0.2) is 21.5 Å². The van der Waals surface area contributed by atoms with Gasteiger partial charge in [-0.2, -0.15) is 0 Å². The lowest BCUT2D eigenvalue weighted by atomic mass is 10.3. The number of sulfonamides is 1. The molecule has 1 aromatic rings. The molecular formula is C11H18N2O2S2. The fraction of sp³-hybridized carbons (Fsp3) is 0.636. The molecular weight excluding hydrogens is 256 g/mol. The van der Waals surface area contributed by atoms with Crippen LogP contribution in [0.1, 0.15) is 23.8 Å². The third kappa shape index (κ3) is 2.70.